The van der Waals surface area contributed by atoms with E-state index in [0.29, 0.717) is 23.7 Å². The van der Waals surface area contributed by atoms with Gasteiger partial charge in [0.25, 0.3) is 5.91 Å². The summed E-state index contributed by atoms with van der Waals surface area (Å²) in [6.07, 6.45) is 1.85. The number of benzene rings is 2. The van der Waals surface area contributed by atoms with E-state index >= 15 is 0 Å². The lowest BCUT2D eigenvalue weighted by Crippen LogP contribution is -2.37. The summed E-state index contributed by atoms with van der Waals surface area (Å²) in [5.41, 5.74) is 1.86. The monoisotopic (exact) mass is 446 g/mol. The van der Waals surface area contributed by atoms with Gasteiger partial charge in [-0.25, -0.2) is 0 Å². The summed E-state index contributed by atoms with van der Waals surface area (Å²) in [6, 6.07) is 14.1. The molecule has 150 valence electrons. The number of carbonyl (C=O) groups excluding carboxylic acids is 1. The highest BCUT2D eigenvalue weighted by atomic mass is 79.9. The molecule has 0 spiro atoms. The fourth-order valence-corrected chi connectivity index (χ4v) is 3.96. The Bertz CT molecular complexity index is 798. The second kappa shape index (κ2) is 9.94. The van der Waals surface area contributed by atoms with E-state index in [0.717, 1.165) is 36.9 Å². The second-order valence-corrected chi connectivity index (χ2v) is 7.87. The molecule has 5 nitrogen and oxygen atoms in total. The van der Waals surface area contributed by atoms with Gasteiger partial charge in [-0.2, -0.15) is 0 Å². The molecule has 0 aliphatic carbocycles. The number of hydrogen-bond acceptors (Lipinski definition) is 4. The Labute approximate surface area is 175 Å². The highest BCUT2D eigenvalue weighted by molar-refractivity contribution is 9.10. The number of hydrogen-bond donors (Lipinski definition) is 1. The van der Waals surface area contributed by atoms with Crippen molar-refractivity contribution in [2.45, 2.75) is 32.4 Å². The van der Waals surface area contributed by atoms with E-state index in [-0.39, 0.29) is 11.9 Å². The largest absolute Gasteiger partial charge is 0.493 e. The highest BCUT2D eigenvalue weighted by Gasteiger charge is 2.25. The van der Waals surface area contributed by atoms with Gasteiger partial charge >= 0.3 is 0 Å². The van der Waals surface area contributed by atoms with Crippen LogP contribution in [0.25, 0.3) is 0 Å². The average molecular weight is 447 g/mol. The van der Waals surface area contributed by atoms with E-state index < -0.39 is 0 Å². The van der Waals surface area contributed by atoms with Crippen molar-refractivity contribution >= 4 is 21.8 Å². The lowest BCUT2D eigenvalue weighted by atomic mass is 10.1. The van der Waals surface area contributed by atoms with Crippen molar-refractivity contribution in [1.29, 1.82) is 0 Å². The van der Waals surface area contributed by atoms with E-state index in [9.17, 15) is 4.79 Å². The quantitative estimate of drug-likeness (QED) is 0.658. The Hall–Kier alpha value is -2.05. The molecular formula is C22H27BrN2O3. The molecule has 1 unspecified atom stereocenters. The van der Waals surface area contributed by atoms with E-state index in [4.69, 9.17) is 9.47 Å². The standard InChI is InChI=1S/C22H27BrN2O3/c1-3-11-28-21-19(23)12-17(13-20(21)27-2)22(26)24-18-9-10-25(15-18)14-16-7-5-4-6-8-16/h4-8,12-13,18H,3,9-11,14-15H2,1-2H3,(H,24,26). The summed E-state index contributed by atoms with van der Waals surface area (Å²) >= 11 is 3.50. The summed E-state index contributed by atoms with van der Waals surface area (Å²) < 4.78 is 11.9. The average Bonchev–Trinajstić information content (AvgIpc) is 3.13. The first-order chi connectivity index (χ1) is 13.6. The molecule has 2 aromatic carbocycles. The Kier molecular flexibility index (Phi) is 7.34. The molecule has 1 atom stereocenters. The predicted molar refractivity (Wildman–Crippen MR) is 114 cm³/mol. The maximum Gasteiger partial charge on any atom is 0.251 e. The fraction of sp³-hybridized carbons (Fsp3) is 0.409. The molecule has 1 aliphatic rings. The summed E-state index contributed by atoms with van der Waals surface area (Å²) in [7, 11) is 1.58. The van der Waals surface area contributed by atoms with Crippen LogP contribution in [0.3, 0.4) is 0 Å². The van der Waals surface area contributed by atoms with Gasteiger partial charge < -0.3 is 14.8 Å². The summed E-state index contributed by atoms with van der Waals surface area (Å²) in [5.74, 6) is 1.11. The number of carbonyl (C=O) groups is 1. The van der Waals surface area contributed by atoms with E-state index in [2.05, 4.69) is 50.4 Å². The van der Waals surface area contributed by atoms with E-state index in [1.807, 2.05) is 13.0 Å². The van der Waals surface area contributed by atoms with Crippen LogP contribution in [0.15, 0.2) is 46.9 Å². The number of nitrogens with one attached hydrogen (secondary N) is 1. The molecular weight excluding hydrogens is 420 g/mol. The third kappa shape index (κ3) is 5.26. The van der Waals surface area contributed by atoms with Crippen molar-refractivity contribution < 1.29 is 14.3 Å². The number of nitrogens with zero attached hydrogens (tertiary/aromatic N) is 1. The van der Waals surface area contributed by atoms with Gasteiger partial charge in [-0.05, 0) is 46.5 Å². The van der Waals surface area contributed by atoms with E-state index in [1.54, 1.807) is 19.2 Å². The maximum absolute atomic E-state index is 12.8. The minimum atomic E-state index is -0.0902. The van der Waals surface area contributed by atoms with Gasteiger partial charge in [0.05, 0.1) is 18.2 Å². The molecule has 0 bridgehead atoms. The van der Waals surface area contributed by atoms with Crippen molar-refractivity contribution in [2.75, 3.05) is 26.8 Å². The molecule has 0 radical (unpaired) electrons. The molecule has 28 heavy (non-hydrogen) atoms. The minimum absolute atomic E-state index is 0.0902. The van der Waals surface area contributed by atoms with E-state index in [1.165, 1.54) is 5.56 Å². The molecule has 1 heterocycles. The third-order valence-electron chi connectivity index (χ3n) is 4.80. The van der Waals surface area contributed by atoms with Crippen LogP contribution >= 0.6 is 15.9 Å². The van der Waals surface area contributed by atoms with Gasteiger partial charge in [0.15, 0.2) is 11.5 Å². The molecule has 2 aromatic rings. The summed E-state index contributed by atoms with van der Waals surface area (Å²) in [4.78, 5) is 15.1. The van der Waals surface area contributed by atoms with Gasteiger partial charge in [-0.1, -0.05) is 37.3 Å². The number of amides is 1. The van der Waals surface area contributed by atoms with Crippen LogP contribution in [0, 0.1) is 0 Å². The lowest BCUT2D eigenvalue weighted by Gasteiger charge is -2.18. The topological polar surface area (TPSA) is 50.8 Å². The van der Waals surface area contributed by atoms with Crippen molar-refractivity contribution in [3.05, 3.63) is 58.1 Å². The number of methoxy groups -OCH3 is 1. The number of halogens is 1. The van der Waals surface area contributed by atoms with Crippen LogP contribution in [0.1, 0.15) is 35.7 Å². The molecule has 1 amide bonds. The Balaban J connectivity index is 1.61. The summed E-state index contributed by atoms with van der Waals surface area (Å²) in [5, 5.41) is 3.15. The Morgan fingerprint density at radius 1 is 1.29 bits per heavy atom. The first-order valence-corrected chi connectivity index (χ1v) is 10.5. The zero-order valence-electron chi connectivity index (χ0n) is 16.4. The zero-order valence-corrected chi connectivity index (χ0v) is 18.0. The maximum atomic E-state index is 12.8. The fourth-order valence-electron chi connectivity index (χ4n) is 3.40. The minimum Gasteiger partial charge on any atom is -0.493 e. The Morgan fingerprint density at radius 3 is 2.79 bits per heavy atom. The third-order valence-corrected chi connectivity index (χ3v) is 5.39. The van der Waals surface area contributed by atoms with Gasteiger partial charge in [0, 0.05) is 31.2 Å². The lowest BCUT2D eigenvalue weighted by molar-refractivity contribution is 0.0937. The van der Waals surface area contributed by atoms with Gasteiger partial charge in [0.2, 0.25) is 0 Å². The first kappa shape index (κ1) is 20.7. The Morgan fingerprint density at radius 2 is 2.07 bits per heavy atom. The van der Waals surface area contributed by atoms with Gasteiger partial charge in [0.1, 0.15) is 0 Å². The number of rotatable bonds is 8. The SMILES string of the molecule is CCCOc1c(Br)cc(C(=O)NC2CCN(Cc3ccccc3)C2)cc1OC. The highest BCUT2D eigenvalue weighted by Crippen LogP contribution is 2.36. The predicted octanol–water partition coefficient (Wildman–Crippen LogP) is 4.25. The molecule has 6 heteroatoms. The number of likely N-dealkylation sites (tertiary alicyclic amines) is 1. The molecule has 0 saturated carbocycles. The molecule has 1 aliphatic heterocycles. The van der Waals surface area contributed by atoms with Gasteiger partial charge in [-0.15, -0.1) is 0 Å². The van der Waals surface area contributed by atoms with Crippen molar-refractivity contribution in [3.63, 3.8) is 0 Å². The zero-order chi connectivity index (χ0) is 19.9. The van der Waals surface area contributed by atoms with Crippen LogP contribution in [-0.2, 0) is 6.54 Å². The smallest absolute Gasteiger partial charge is 0.251 e. The molecule has 1 N–H and O–H groups in total. The molecule has 1 saturated heterocycles. The van der Waals surface area contributed by atoms with Crippen molar-refractivity contribution in [2.24, 2.45) is 0 Å². The van der Waals surface area contributed by atoms with Crippen LogP contribution in [-0.4, -0.2) is 43.7 Å². The van der Waals surface area contributed by atoms with Crippen molar-refractivity contribution in [3.8, 4) is 11.5 Å². The van der Waals surface area contributed by atoms with Crippen molar-refractivity contribution in [1.82, 2.24) is 10.2 Å². The van der Waals surface area contributed by atoms with Crippen LogP contribution in [0.5, 0.6) is 11.5 Å². The van der Waals surface area contributed by atoms with Crippen LogP contribution in [0.4, 0.5) is 0 Å². The number of ether oxygens (including phenoxy) is 2. The van der Waals surface area contributed by atoms with Crippen LogP contribution < -0.4 is 14.8 Å². The van der Waals surface area contributed by atoms with Crippen LogP contribution in [0.2, 0.25) is 0 Å². The molecule has 1 fully saturated rings. The molecule has 0 aromatic heterocycles. The first-order valence-electron chi connectivity index (χ1n) is 9.68. The second-order valence-electron chi connectivity index (χ2n) is 7.02. The van der Waals surface area contributed by atoms with Gasteiger partial charge in [-0.3, -0.25) is 9.69 Å². The molecule has 3 rings (SSSR count). The summed E-state index contributed by atoms with van der Waals surface area (Å²) in [6.45, 7) is 5.40. The normalized spacial score (nSPS) is 16.8.